The summed E-state index contributed by atoms with van der Waals surface area (Å²) < 4.78 is 7.56. The molecule has 3 heterocycles. The summed E-state index contributed by atoms with van der Waals surface area (Å²) in [5, 5.41) is 9.49. The molecule has 6 rings (SSSR count). The number of rotatable bonds is 4. The predicted octanol–water partition coefficient (Wildman–Crippen LogP) is 4.10. The van der Waals surface area contributed by atoms with Gasteiger partial charge in [0.2, 0.25) is 4.96 Å². The van der Waals surface area contributed by atoms with Gasteiger partial charge in [0.1, 0.15) is 5.52 Å². The van der Waals surface area contributed by atoms with Gasteiger partial charge in [-0.1, -0.05) is 83.2 Å². The molecule has 0 unspecified atom stereocenters. The number of hydrogen-bond acceptors (Lipinski definition) is 6. The van der Waals surface area contributed by atoms with Crippen LogP contribution in [0.1, 0.15) is 17.0 Å². The molecule has 0 amide bonds. The Bertz CT molecular complexity index is 1670. The average molecular weight is 436 g/mol. The van der Waals surface area contributed by atoms with E-state index in [4.69, 9.17) is 4.52 Å². The van der Waals surface area contributed by atoms with Crippen molar-refractivity contribution in [1.82, 2.24) is 19.8 Å². The first-order chi connectivity index (χ1) is 15.7. The van der Waals surface area contributed by atoms with Gasteiger partial charge in [0.05, 0.1) is 9.92 Å². The third kappa shape index (κ3) is 3.29. The fourth-order valence-electron chi connectivity index (χ4n) is 3.73. The highest BCUT2D eigenvalue weighted by molar-refractivity contribution is 7.15. The van der Waals surface area contributed by atoms with Crippen LogP contribution in [0.3, 0.4) is 0 Å². The van der Waals surface area contributed by atoms with Crippen LogP contribution in [0.2, 0.25) is 0 Å². The molecule has 3 aromatic heterocycles. The molecule has 7 heteroatoms. The van der Waals surface area contributed by atoms with Crippen molar-refractivity contribution >= 4 is 33.3 Å². The Morgan fingerprint density at radius 3 is 2.53 bits per heavy atom. The quantitative estimate of drug-likeness (QED) is 0.416. The van der Waals surface area contributed by atoms with Crippen molar-refractivity contribution in [1.29, 1.82) is 0 Å². The Morgan fingerprint density at radius 2 is 1.75 bits per heavy atom. The molecule has 0 radical (unpaired) electrons. The fourth-order valence-corrected chi connectivity index (χ4v) is 4.65. The van der Waals surface area contributed by atoms with Crippen molar-refractivity contribution < 1.29 is 4.52 Å². The van der Waals surface area contributed by atoms with Crippen LogP contribution in [-0.4, -0.2) is 19.8 Å². The molecule has 32 heavy (non-hydrogen) atoms. The van der Waals surface area contributed by atoms with E-state index >= 15 is 0 Å². The second kappa shape index (κ2) is 7.55. The number of nitrogens with zero attached hydrogens (tertiary/aromatic N) is 4. The largest absolute Gasteiger partial charge is 0.355 e. The van der Waals surface area contributed by atoms with Crippen LogP contribution in [0.15, 0.2) is 88.2 Å². The average Bonchev–Trinajstić information content (AvgIpc) is 3.50. The number of hydrogen-bond donors (Lipinski definition) is 0. The van der Waals surface area contributed by atoms with E-state index in [1.807, 2.05) is 84.9 Å². The van der Waals surface area contributed by atoms with Gasteiger partial charge in [0.15, 0.2) is 11.6 Å². The van der Waals surface area contributed by atoms with E-state index in [0.29, 0.717) is 27.5 Å². The first kappa shape index (κ1) is 18.7. The minimum Gasteiger partial charge on any atom is -0.355 e. The van der Waals surface area contributed by atoms with Crippen molar-refractivity contribution in [3.63, 3.8) is 0 Å². The summed E-state index contributed by atoms with van der Waals surface area (Å²) in [4.78, 5) is 18.1. The number of aromatic nitrogens is 4. The molecule has 0 saturated heterocycles. The van der Waals surface area contributed by atoms with E-state index in [2.05, 4.69) is 15.2 Å². The summed E-state index contributed by atoms with van der Waals surface area (Å²) in [7, 11) is 0. The van der Waals surface area contributed by atoms with Gasteiger partial charge in [-0.2, -0.15) is 4.52 Å². The smallest absolute Gasteiger partial charge is 0.291 e. The van der Waals surface area contributed by atoms with E-state index in [9.17, 15) is 4.79 Å². The summed E-state index contributed by atoms with van der Waals surface area (Å²) in [6, 6.07) is 25.7. The van der Waals surface area contributed by atoms with Crippen LogP contribution in [0.25, 0.3) is 33.3 Å². The molecule has 0 N–H and O–H groups in total. The van der Waals surface area contributed by atoms with Crippen molar-refractivity contribution in [2.45, 2.75) is 6.42 Å². The van der Waals surface area contributed by atoms with E-state index < -0.39 is 0 Å². The van der Waals surface area contributed by atoms with Crippen molar-refractivity contribution in [2.75, 3.05) is 0 Å². The molecule has 0 fully saturated rings. The third-order valence-electron chi connectivity index (χ3n) is 5.27. The van der Waals surface area contributed by atoms with Gasteiger partial charge in [-0.25, -0.2) is 4.98 Å². The molecule has 0 aliphatic rings. The molecule has 0 aliphatic carbocycles. The second-order valence-corrected chi connectivity index (χ2v) is 8.46. The topological polar surface area (TPSA) is 73.3 Å². The van der Waals surface area contributed by atoms with Crippen LogP contribution in [-0.2, 0) is 6.42 Å². The molecule has 6 aromatic rings. The maximum Gasteiger partial charge on any atom is 0.291 e. The van der Waals surface area contributed by atoms with E-state index in [0.717, 1.165) is 27.6 Å². The molecule has 3 aromatic carbocycles. The highest BCUT2D eigenvalue weighted by atomic mass is 32.1. The molecular weight excluding hydrogens is 420 g/mol. The van der Waals surface area contributed by atoms with Gasteiger partial charge in [0, 0.05) is 12.0 Å². The number of benzene rings is 3. The molecule has 0 atom stereocenters. The maximum atomic E-state index is 12.9. The van der Waals surface area contributed by atoms with E-state index in [-0.39, 0.29) is 5.56 Å². The monoisotopic (exact) mass is 436 g/mol. The van der Waals surface area contributed by atoms with Gasteiger partial charge in [-0.05, 0) is 29.3 Å². The van der Waals surface area contributed by atoms with E-state index in [1.54, 1.807) is 0 Å². The Kier molecular flexibility index (Phi) is 4.40. The molecule has 6 nitrogen and oxygen atoms in total. The summed E-state index contributed by atoms with van der Waals surface area (Å²) in [6.07, 6.45) is 2.46. The van der Waals surface area contributed by atoms with Crippen molar-refractivity contribution in [3.8, 4) is 11.3 Å². The van der Waals surface area contributed by atoms with Crippen LogP contribution in [0.4, 0.5) is 0 Å². The zero-order valence-corrected chi connectivity index (χ0v) is 17.6. The van der Waals surface area contributed by atoms with Gasteiger partial charge in [-0.3, -0.25) is 4.79 Å². The number of thiazole rings is 1. The second-order valence-electron chi connectivity index (χ2n) is 7.45. The zero-order chi connectivity index (χ0) is 21.5. The van der Waals surface area contributed by atoms with Crippen LogP contribution in [0, 0.1) is 0 Å². The van der Waals surface area contributed by atoms with Crippen LogP contribution >= 0.6 is 11.3 Å². The Hall–Kier alpha value is -4.10. The molecule has 154 valence electrons. The van der Waals surface area contributed by atoms with Gasteiger partial charge in [0.25, 0.3) is 5.56 Å². The lowest BCUT2D eigenvalue weighted by Crippen LogP contribution is -2.23. The fraction of sp³-hybridized carbons (Fsp3) is 0.0400. The molecule has 0 bridgehead atoms. The lowest BCUT2D eigenvalue weighted by atomic mass is 10.1. The van der Waals surface area contributed by atoms with Crippen LogP contribution < -0.4 is 10.1 Å². The van der Waals surface area contributed by atoms with Crippen molar-refractivity contribution in [3.05, 3.63) is 111 Å². The first-order valence-corrected chi connectivity index (χ1v) is 11.0. The highest BCUT2D eigenvalue weighted by Crippen LogP contribution is 2.29. The lowest BCUT2D eigenvalue weighted by Gasteiger charge is -1.97. The number of fused-ring (bicyclic) bond motifs is 2. The lowest BCUT2D eigenvalue weighted by molar-refractivity contribution is 0.441. The van der Waals surface area contributed by atoms with E-state index in [1.165, 1.54) is 15.9 Å². The Balaban J connectivity index is 1.39. The summed E-state index contributed by atoms with van der Waals surface area (Å²) >= 11 is 1.34. The van der Waals surface area contributed by atoms with Crippen molar-refractivity contribution in [2.24, 2.45) is 0 Å². The standard InChI is InChI=1S/C25H16N4O2S/c30-24-21(32-25-26-22(27-29(24)25)15-16-7-3-1-4-8-16)14-17-11-12-20-19(13-17)23(31-28-20)18-9-5-2-6-10-18/h1-14H,15H2/b21-14-. The Morgan fingerprint density at radius 1 is 0.969 bits per heavy atom. The normalized spacial score (nSPS) is 12.2. The van der Waals surface area contributed by atoms with Gasteiger partial charge in [-0.15, -0.1) is 5.10 Å². The summed E-state index contributed by atoms with van der Waals surface area (Å²) in [6.45, 7) is 0. The molecule has 0 spiro atoms. The van der Waals surface area contributed by atoms with Crippen LogP contribution in [0.5, 0.6) is 0 Å². The third-order valence-corrected chi connectivity index (χ3v) is 6.22. The molecular formula is C25H16N4O2S. The maximum absolute atomic E-state index is 12.9. The van der Waals surface area contributed by atoms with Gasteiger partial charge < -0.3 is 4.52 Å². The highest BCUT2D eigenvalue weighted by Gasteiger charge is 2.13. The minimum atomic E-state index is -0.162. The molecule has 0 saturated carbocycles. The summed E-state index contributed by atoms with van der Waals surface area (Å²) in [5.74, 6) is 1.36. The molecule has 0 aliphatic heterocycles. The SMILES string of the molecule is O=c1/c(=C/c2ccc3noc(-c4ccccc4)c3c2)sc2nc(Cc3ccccc3)nn12. The summed E-state index contributed by atoms with van der Waals surface area (Å²) in [5.41, 5.74) is 3.58. The predicted molar refractivity (Wildman–Crippen MR) is 125 cm³/mol. The zero-order valence-electron chi connectivity index (χ0n) is 16.8. The Labute approximate surface area is 186 Å². The van der Waals surface area contributed by atoms with Gasteiger partial charge >= 0.3 is 0 Å². The minimum absolute atomic E-state index is 0.162. The first-order valence-electron chi connectivity index (χ1n) is 10.1.